The Hall–Kier alpha value is -1.88. The van der Waals surface area contributed by atoms with Crippen LogP contribution in [0.25, 0.3) is 11.3 Å². The zero-order valence-corrected chi connectivity index (χ0v) is 13.4. The first-order valence-electron chi connectivity index (χ1n) is 6.87. The van der Waals surface area contributed by atoms with Crippen LogP contribution >= 0.6 is 22.9 Å². The molecule has 0 atom stereocenters. The summed E-state index contributed by atoms with van der Waals surface area (Å²) < 4.78 is 5.77. The molecule has 0 bridgehead atoms. The Balaban J connectivity index is 1.74. The van der Waals surface area contributed by atoms with E-state index in [-0.39, 0.29) is 0 Å². The lowest BCUT2D eigenvalue weighted by molar-refractivity contribution is 0.306. The summed E-state index contributed by atoms with van der Waals surface area (Å²) >= 11 is 7.89. The van der Waals surface area contributed by atoms with Gasteiger partial charge in [0.2, 0.25) is 0 Å². The number of nitrogens with two attached hydrogens (primary N) is 1. The summed E-state index contributed by atoms with van der Waals surface area (Å²) in [7, 11) is 0. The van der Waals surface area contributed by atoms with Gasteiger partial charge in [-0.2, -0.15) is 0 Å². The molecule has 3 aromatic rings. The predicted octanol–water partition coefficient (Wildman–Crippen LogP) is 4.50. The number of hydrogen-bond donors (Lipinski definition) is 1. The summed E-state index contributed by atoms with van der Waals surface area (Å²) in [5.74, 6) is 0.742. The minimum absolute atomic E-state index is 0.445. The van der Waals surface area contributed by atoms with Crippen molar-refractivity contribution in [3.8, 4) is 17.0 Å². The lowest BCUT2D eigenvalue weighted by Crippen LogP contribution is -1.96. The van der Waals surface area contributed by atoms with E-state index in [0.29, 0.717) is 18.2 Å². The van der Waals surface area contributed by atoms with Gasteiger partial charge in [0.1, 0.15) is 17.4 Å². The number of halogens is 1. The van der Waals surface area contributed by atoms with Crippen LogP contribution in [0.1, 0.15) is 10.6 Å². The van der Waals surface area contributed by atoms with E-state index >= 15 is 0 Å². The molecule has 5 heteroatoms. The van der Waals surface area contributed by atoms with Gasteiger partial charge < -0.3 is 10.5 Å². The van der Waals surface area contributed by atoms with E-state index in [4.69, 9.17) is 22.1 Å². The first kappa shape index (κ1) is 15.0. The topological polar surface area (TPSA) is 48.1 Å². The summed E-state index contributed by atoms with van der Waals surface area (Å²) in [5.41, 5.74) is 8.46. The van der Waals surface area contributed by atoms with Crippen molar-refractivity contribution < 1.29 is 4.74 Å². The van der Waals surface area contributed by atoms with E-state index in [9.17, 15) is 0 Å². The van der Waals surface area contributed by atoms with Crippen LogP contribution in [0.2, 0.25) is 5.02 Å². The molecule has 1 aromatic heterocycles. The molecule has 0 aliphatic carbocycles. The summed E-state index contributed by atoms with van der Waals surface area (Å²) in [6.07, 6.45) is 0. The minimum atomic E-state index is 0.445. The van der Waals surface area contributed by atoms with Crippen LogP contribution in [0.15, 0.2) is 53.9 Å². The summed E-state index contributed by atoms with van der Waals surface area (Å²) in [6.45, 7) is 0.963. The van der Waals surface area contributed by atoms with E-state index in [1.165, 1.54) is 11.3 Å². The van der Waals surface area contributed by atoms with Crippen LogP contribution in [-0.4, -0.2) is 4.98 Å². The number of hydrogen-bond acceptors (Lipinski definition) is 4. The highest BCUT2D eigenvalue weighted by atomic mass is 35.5. The van der Waals surface area contributed by atoms with Crippen molar-refractivity contribution in [2.75, 3.05) is 0 Å². The Morgan fingerprint density at radius 2 is 1.95 bits per heavy atom. The molecular weight excluding hydrogens is 316 g/mol. The molecule has 22 heavy (non-hydrogen) atoms. The lowest BCUT2D eigenvalue weighted by Gasteiger charge is -2.08. The second kappa shape index (κ2) is 6.92. The monoisotopic (exact) mass is 330 g/mol. The van der Waals surface area contributed by atoms with Crippen molar-refractivity contribution in [2.45, 2.75) is 13.2 Å². The molecule has 0 spiro atoms. The molecule has 0 amide bonds. The Bertz CT molecular complexity index is 758. The number of rotatable bonds is 5. The van der Waals surface area contributed by atoms with Gasteiger partial charge in [0, 0.05) is 17.5 Å². The van der Waals surface area contributed by atoms with Gasteiger partial charge >= 0.3 is 0 Å². The SMILES string of the molecule is NCc1nc(-c2ccc(OCc3ccccc3)cc2Cl)cs1. The zero-order valence-electron chi connectivity index (χ0n) is 11.8. The molecule has 2 N–H and O–H groups in total. The minimum Gasteiger partial charge on any atom is -0.489 e. The molecule has 0 aliphatic heterocycles. The number of aromatic nitrogens is 1. The molecule has 2 aromatic carbocycles. The van der Waals surface area contributed by atoms with Crippen molar-refractivity contribution in [3.63, 3.8) is 0 Å². The molecule has 3 nitrogen and oxygen atoms in total. The van der Waals surface area contributed by atoms with E-state index in [1.54, 1.807) is 0 Å². The van der Waals surface area contributed by atoms with Crippen molar-refractivity contribution in [2.24, 2.45) is 5.73 Å². The predicted molar refractivity (Wildman–Crippen MR) is 91.2 cm³/mol. The second-order valence-corrected chi connectivity index (χ2v) is 6.10. The zero-order chi connectivity index (χ0) is 15.4. The van der Waals surface area contributed by atoms with Crippen molar-refractivity contribution in [1.82, 2.24) is 4.98 Å². The molecule has 0 saturated carbocycles. The smallest absolute Gasteiger partial charge is 0.121 e. The summed E-state index contributed by atoms with van der Waals surface area (Å²) in [4.78, 5) is 4.45. The fraction of sp³-hybridized carbons (Fsp3) is 0.118. The fourth-order valence-corrected chi connectivity index (χ4v) is 3.00. The first-order chi connectivity index (χ1) is 10.8. The van der Waals surface area contributed by atoms with E-state index < -0.39 is 0 Å². The van der Waals surface area contributed by atoms with E-state index in [1.807, 2.05) is 53.9 Å². The first-order valence-corrected chi connectivity index (χ1v) is 8.13. The van der Waals surface area contributed by atoms with Crippen LogP contribution < -0.4 is 10.5 Å². The highest BCUT2D eigenvalue weighted by molar-refractivity contribution is 7.09. The van der Waals surface area contributed by atoms with Crippen LogP contribution in [0, 0.1) is 0 Å². The van der Waals surface area contributed by atoms with Crippen LogP contribution in [0.4, 0.5) is 0 Å². The quantitative estimate of drug-likeness (QED) is 0.749. The average molecular weight is 331 g/mol. The maximum Gasteiger partial charge on any atom is 0.121 e. The molecule has 0 radical (unpaired) electrons. The average Bonchev–Trinajstić information content (AvgIpc) is 3.03. The molecule has 1 heterocycles. The molecule has 0 fully saturated rings. The van der Waals surface area contributed by atoms with E-state index in [2.05, 4.69) is 4.98 Å². The molecule has 0 unspecified atom stereocenters. The largest absolute Gasteiger partial charge is 0.489 e. The highest BCUT2D eigenvalue weighted by Gasteiger charge is 2.09. The Morgan fingerprint density at radius 3 is 2.64 bits per heavy atom. The summed E-state index contributed by atoms with van der Waals surface area (Å²) in [5, 5.41) is 3.49. The molecule has 0 saturated heterocycles. The highest BCUT2D eigenvalue weighted by Crippen LogP contribution is 2.32. The van der Waals surface area contributed by atoms with Gasteiger partial charge in [-0.15, -0.1) is 11.3 Å². The third kappa shape index (κ3) is 3.47. The standard InChI is InChI=1S/C17H15ClN2OS/c18-15-8-13(21-10-12-4-2-1-3-5-12)6-7-14(15)16-11-22-17(9-19)20-16/h1-8,11H,9-10,19H2. The van der Waals surface area contributed by atoms with Crippen LogP contribution in [0.3, 0.4) is 0 Å². The van der Waals surface area contributed by atoms with Crippen molar-refractivity contribution in [3.05, 3.63) is 69.5 Å². The number of nitrogens with zero attached hydrogens (tertiary/aromatic N) is 1. The van der Waals surface area contributed by atoms with Gasteiger partial charge in [0.25, 0.3) is 0 Å². The van der Waals surface area contributed by atoms with E-state index in [0.717, 1.165) is 27.6 Å². The van der Waals surface area contributed by atoms with Gasteiger partial charge in [-0.05, 0) is 23.8 Å². The molecular formula is C17H15ClN2OS. The molecule has 0 aliphatic rings. The van der Waals surface area contributed by atoms with Crippen molar-refractivity contribution >= 4 is 22.9 Å². The Labute approximate surface area is 138 Å². The summed E-state index contributed by atoms with van der Waals surface area (Å²) in [6, 6.07) is 15.7. The fourth-order valence-electron chi connectivity index (χ4n) is 2.06. The number of benzene rings is 2. The molecule has 112 valence electrons. The van der Waals surface area contributed by atoms with Gasteiger partial charge in [0.05, 0.1) is 10.7 Å². The van der Waals surface area contributed by atoms with Gasteiger partial charge in [0.15, 0.2) is 0 Å². The van der Waals surface area contributed by atoms with Gasteiger partial charge in [-0.3, -0.25) is 0 Å². The van der Waals surface area contributed by atoms with Crippen molar-refractivity contribution in [1.29, 1.82) is 0 Å². The number of thiazole rings is 1. The Kier molecular flexibility index (Phi) is 4.73. The maximum atomic E-state index is 6.35. The third-order valence-corrected chi connectivity index (χ3v) is 4.38. The lowest BCUT2D eigenvalue weighted by atomic mass is 10.1. The number of ether oxygens (including phenoxy) is 1. The maximum absolute atomic E-state index is 6.35. The van der Waals surface area contributed by atoms with Gasteiger partial charge in [-0.1, -0.05) is 41.9 Å². The van der Waals surface area contributed by atoms with Crippen LogP contribution in [0.5, 0.6) is 5.75 Å². The third-order valence-electron chi connectivity index (χ3n) is 3.19. The Morgan fingerprint density at radius 1 is 1.14 bits per heavy atom. The second-order valence-electron chi connectivity index (χ2n) is 4.75. The van der Waals surface area contributed by atoms with Crippen LogP contribution in [-0.2, 0) is 13.2 Å². The molecule has 3 rings (SSSR count). The van der Waals surface area contributed by atoms with Gasteiger partial charge in [-0.25, -0.2) is 4.98 Å². The normalized spacial score (nSPS) is 10.6.